The van der Waals surface area contributed by atoms with Gasteiger partial charge in [0.1, 0.15) is 0 Å². The number of pyridine rings is 1. The zero-order valence-corrected chi connectivity index (χ0v) is 16.5. The van der Waals surface area contributed by atoms with E-state index < -0.39 is 10.0 Å². The van der Waals surface area contributed by atoms with Crippen molar-refractivity contribution in [1.82, 2.24) is 9.71 Å². The predicted molar refractivity (Wildman–Crippen MR) is 107 cm³/mol. The van der Waals surface area contributed by atoms with Crippen LogP contribution in [0.15, 0.2) is 82.4 Å². The highest BCUT2D eigenvalue weighted by atomic mass is 79.9. The molecule has 0 saturated carbocycles. The summed E-state index contributed by atoms with van der Waals surface area (Å²) in [6.07, 6.45) is 3.18. The molecule has 0 radical (unpaired) electrons. The molecule has 2 aromatic carbocycles. The molecule has 1 heterocycles. The first-order chi connectivity index (χ1) is 12.9. The van der Waals surface area contributed by atoms with E-state index in [2.05, 4.69) is 31.0 Å². The van der Waals surface area contributed by atoms with E-state index in [0.29, 0.717) is 11.3 Å². The lowest BCUT2D eigenvalue weighted by atomic mass is 10.1. The first kappa shape index (κ1) is 19.2. The molecule has 0 saturated heterocycles. The fourth-order valence-electron chi connectivity index (χ4n) is 2.29. The van der Waals surface area contributed by atoms with E-state index in [-0.39, 0.29) is 17.3 Å². The Morgan fingerprint density at radius 3 is 2.33 bits per heavy atom. The minimum Gasteiger partial charge on any atom is -0.321 e. The third-order valence-electron chi connectivity index (χ3n) is 3.73. The standard InChI is InChI=1S/C19H16BrN3O3S/c20-16-7-9-18(10-8-16)27(25,26)22-12-14-3-5-15(6-4-14)19(24)23-17-2-1-11-21-13-17/h1-11,13,22H,12H2,(H,23,24). The molecule has 0 atom stereocenters. The number of carbonyl (C=O) groups is 1. The van der Waals surface area contributed by atoms with Crippen LogP contribution in [0.4, 0.5) is 5.69 Å². The Morgan fingerprint density at radius 1 is 1.00 bits per heavy atom. The molecule has 6 nitrogen and oxygen atoms in total. The summed E-state index contributed by atoms with van der Waals surface area (Å²) in [6.45, 7) is 0.128. The smallest absolute Gasteiger partial charge is 0.255 e. The second-order valence-electron chi connectivity index (χ2n) is 5.67. The number of rotatable bonds is 6. The van der Waals surface area contributed by atoms with Crippen LogP contribution >= 0.6 is 15.9 Å². The number of benzene rings is 2. The number of hydrogen-bond acceptors (Lipinski definition) is 4. The van der Waals surface area contributed by atoms with E-state index in [9.17, 15) is 13.2 Å². The van der Waals surface area contributed by atoms with Crippen molar-refractivity contribution < 1.29 is 13.2 Å². The highest BCUT2D eigenvalue weighted by molar-refractivity contribution is 9.10. The monoisotopic (exact) mass is 445 g/mol. The molecule has 3 aromatic rings. The zero-order valence-electron chi connectivity index (χ0n) is 14.1. The van der Waals surface area contributed by atoms with Crippen LogP contribution in [0.5, 0.6) is 0 Å². The van der Waals surface area contributed by atoms with Gasteiger partial charge in [-0.3, -0.25) is 9.78 Å². The second kappa shape index (κ2) is 8.43. The van der Waals surface area contributed by atoms with Crippen molar-refractivity contribution in [3.8, 4) is 0 Å². The number of sulfonamides is 1. The van der Waals surface area contributed by atoms with Gasteiger partial charge in [-0.1, -0.05) is 28.1 Å². The molecule has 1 amide bonds. The molecule has 27 heavy (non-hydrogen) atoms. The zero-order chi connectivity index (χ0) is 19.3. The summed E-state index contributed by atoms with van der Waals surface area (Å²) in [5.41, 5.74) is 1.82. The maximum absolute atomic E-state index is 12.3. The fourth-order valence-corrected chi connectivity index (χ4v) is 3.57. The highest BCUT2D eigenvalue weighted by Gasteiger charge is 2.13. The summed E-state index contributed by atoms with van der Waals surface area (Å²) >= 11 is 3.28. The topological polar surface area (TPSA) is 88.2 Å². The van der Waals surface area contributed by atoms with Crippen LogP contribution in [0.1, 0.15) is 15.9 Å². The maximum Gasteiger partial charge on any atom is 0.255 e. The Balaban J connectivity index is 1.62. The molecule has 3 rings (SSSR count). The largest absolute Gasteiger partial charge is 0.321 e. The van der Waals surface area contributed by atoms with Gasteiger partial charge in [-0.05, 0) is 54.1 Å². The molecule has 0 unspecified atom stereocenters. The summed E-state index contributed by atoms with van der Waals surface area (Å²) < 4.78 is 28.0. The average Bonchev–Trinajstić information content (AvgIpc) is 2.68. The summed E-state index contributed by atoms with van der Waals surface area (Å²) in [5.74, 6) is -0.259. The molecule has 0 aliphatic carbocycles. The van der Waals surface area contributed by atoms with Gasteiger partial charge in [0.15, 0.2) is 0 Å². The quantitative estimate of drug-likeness (QED) is 0.606. The van der Waals surface area contributed by atoms with Crippen LogP contribution in [0.2, 0.25) is 0 Å². The molecule has 0 spiro atoms. The van der Waals surface area contributed by atoms with Crippen LogP contribution < -0.4 is 10.0 Å². The van der Waals surface area contributed by atoms with E-state index >= 15 is 0 Å². The summed E-state index contributed by atoms with van der Waals surface area (Å²) in [5, 5.41) is 2.74. The molecule has 0 fully saturated rings. The number of nitrogens with zero attached hydrogens (tertiary/aromatic N) is 1. The van der Waals surface area contributed by atoms with Gasteiger partial charge in [-0.15, -0.1) is 0 Å². The summed E-state index contributed by atoms with van der Waals surface area (Å²) in [7, 11) is -3.60. The lowest BCUT2D eigenvalue weighted by molar-refractivity contribution is 0.102. The minimum absolute atomic E-state index is 0.128. The molecule has 0 aliphatic heterocycles. The maximum atomic E-state index is 12.3. The van der Waals surface area contributed by atoms with Crippen LogP contribution in [0, 0.1) is 0 Å². The highest BCUT2D eigenvalue weighted by Crippen LogP contribution is 2.15. The van der Waals surface area contributed by atoms with Crippen molar-refractivity contribution >= 4 is 37.5 Å². The lowest BCUT2D eigenvalue weighted by Gasteiger charge is -2.08. The Kier molecular flexibility index (Phi) is 6.00. The SMILES string of the molecule is O=C(Nc1cccnc1)c1ccc(CNS(=O)(=O)c2ccc(Br)cc2)cc1. The first-order valence-corrected chi connectivity index (χ1v) is 10.3. The van der Waals surface area contributed by atoms with E-state index in [4.69, 9.17) is 0 Å². The van der Waals surface area contributed by atoms with Gasteiger partial charge in [0.2, 0.25) is 10.0 Å². The molecule has 0 bridgehead atoms. The lowest BCUT2D eigenvalue weighted by Crippen LogP contribution is -2.23. The molecule has 2 N–H and O–H groups in total. The minimum atomic E-state index is -3.60. The summed E-state index contributed by atoms with van der Waals surface area (Å²) in [4.78, 5) is 16.3. The van der Waals surface area contributed by atoms with Crippen molar-refractivity contribution in [2.24, 2.45) is 0 Å². The van der Waals surface area contributed by atoms with Gasteiger partial charge in [0.05, 0.1) is 16.8 Å². The van der Waals surface area contributed by atoms with Gasteiger partial charge in [0.25, 0.3) is 5.91 Å². The molecule has 0 aliphatic rings. The van der Waals surface area contributed by atoms with Gasteiger partial charge >= 0.3 is 0 Å². The number of amides is 1. The first-order valence-electron chi connectivity index (χ1n) is 7.99. The number of nitrogens with one attached hydrogen (secondary N) is 2. The van der Waals surface area contributed by atoms with Crippen molar-refractivity contribution in [1.29, 1.82) is 0 Å². The van der Waals surface area contributed by atoms with Gasteiger partial charge in [0, 0.05) is 22.8 Å². The molecule has 138 valence electrons. The molecular weight excluding hydrogens is 430 g/mol. The van der Waals surface area contributed by atoms with Crippen LogP contribution in [-0.4, -0.2) is 19.3 Å². The van der Waals surface area contributed by atoms with Crippen molar-refractivity contribution in [2.75, 3.05) is 5.32 Å². The van der Waals surface area contributed by atoms with Gasteiger partial charge in [-0.25, -0.2) is 13.1 Å². The Hall–Kier alpha value is -2.55. The molecule has 8 heteroatoms. The number of carbonyl (C=O) groups excluding carboxylic acids is 1. The predicted octanol–water partition coefficient (Wildman–Crippen LogP) is 3.57. The third-order valence-corrected chi connectivity index (χ3v) is 5.67. The summed E-state index contributed by atoms with van der Waals surface area (Å²) in [6, 6.07) is 16.6. The number of hydrogen-bond donors (Lipinski definition) is 2. The Bertz CT molecular complexity index is 1020. The van der Waals surface area contributed by atoms with Gasteiger partial charge < -0.3 is 5.32 Å². The second-order valence-corrected chi connectivity index (χ2v) is 8.35. The normalized spacial score (nSPS) is 11.1. The average molecular weight is 446 g/mol. The fraction of sp³-hybridized carbons (Fsp3) is 0.0526. The van der Waals surface area contributed by atoms with Gasteiger partial charge in [-0.2, -0.15) is 0 Å². The Morgan fingerprint density at radius 2 is 1.70 bits per heavy atom. The molecule has 1 aromatic heterocycles. The molecular formula is C19H16BrN3O3S. The van der Waals surface area contributed by atoms with Crippen LogP contribution in [0.25, 0.3) is 0 Å². The van der Waals surface area contributed by atoms with Crippen LogP contribution in [-0.2, 0) is 16.6 Å². The van der Waals surface area contributed by atoms with Crippen molar-refractivity contribution in [3.05, 3.63) is 88.7 Å². The van der Waals surface area contributed by atoms with E-state index in [0.717, 1.165) is 10.0 Å². The van der Waals surface area contributed by atoms with E-state index in [1.54, 1.807) is 60.9 Å². The van der Waals surface area contributed by atoms with E-state index in [1.165, 1.54) is 12.1 Å². The van der Waals surface area contributed by atoms with Crippen molar-refractivity contribution in [2.45, 2.75) is 11.4 Å². The third kappa shape index (κ3) is 5.22. The van der Waals surface area contributed by atoms with E-state index in [1.807, 2.05) is 0 Å². The number of halogens is 1. The number of anilines is 1. The van der Waals surface area contributed by atoms with Crippen LogP contribution in [0.3, 0.4) is 0 Å². The Labute approximate surface area is 165 Å². The van der Waals surface area contributed by atoms with Crippen molar-refractivity contribution in [3.63, 3.8) is 0 Å². The number of aromatic nitrogens is 1.